The van der Waals surface area contributed by atoms with E-state index in [1.54, 1.807) is 21.6 Å². The van der Waals surface area contributed by atoms with E-state index < -0.39 is 0 Å². The Morgan fingerprint density at radius 3 is 2.76 bits per heavy atom. The zero-order valence-corrected chi connectivity index (χ0v) is 15.6. The van der Waals surface area contributed by atoms with E-state index in [4.69, 9.17) is 0 Å². The van der Waals surface area contributed by atoms with Gasteiger partial charge in [0.1, 0.15) is 6.54 Å². The molecule has 3 aromatic rings. The van der Waals surface area contributed by atoms with E-state index in [1.807, 2.05) is 26.0 Å². The zero-order valence-electron chi connectivity index (χ0n) is 14.0. The van der Waals surface area contributed by atoms with Crippen molar-refractivity contribution in [2.45, 2.75) is 26.8 Å². The predicted octanol–water partition coefficient (Wildman–Crippen LogP) is 3.24. The van der Waals surface area contributed by atoms with Crippen molar-refractivity contribution in [1.29, 1.82) is 0 Å². The minimum absolute atomic E-state index is 0.0420. The second-order valence-electron chi connectivity index (χ2n) is 6.12. The van der Waals surface area contributed by atoms with E-state index >= 15 is 0 Å². The maximum Gasteiger partial charge on any atom is 0.307 e. The number of nitrogens with zero attached hydrogens (tertiary/aromatic N) is 3. The quantitative estimate of drug-likeness (QED) is 0.710. The minimum Gasteiger partial charge on any atom is -0.310 e. The molecule has 0 spiro atoms. The van der Waals surface area contributed by atoms with Crippen LogP contribution in [0.1, 0.15) is 16.3 Å². The van der Waals surface area contributed by atoms with Crippen molar-refractivity contribution in [2.75, 3.05) is 11.4 Å². The normalized spacial score (nSPS) is 13.3. The van der Waals surface area contributed by atoms with Crippen LogP contribution in [-0.4, -0.2) is 22.0 Å². The fourth-order valence-electron chi connectivity index (χ4n) is 3.13. The van der Waals surface area contributed by atoms with Crippen molar-refractivity contribution in [2.24, 2.45) is 0 Å². The van der Waals surface area contributed by atoms with Crippen LogP contribution in [0.2, 0.25) is 0 Å². The molecule has 0 saturated carbocycles. The van der Waals surface area contributed by atoms with Crippen LogP contribution in [0.4, 0.5) is 5.69 Å². The van der Waals surface area contributed by atoms with Gasteiger partial charge < -0.3 is 4.90 Å². The number of rotatable bonds is 3. The number of anilines is 1. The first-order chi connectivity index (χ1) is 12.0. The highest BCUT2D eigenvalue weighted by Gasteiger charge is 2.25. The number of carbonyl (C=O) groups excluding carboxylic acids is 1. The molecule has 7 heteroatoms. The van der Waals surface area contributed by atoms with Crippen LogP contribution in [0.25, 0.3) is 11.3 Å². The van der Waals surface area contributed by atoms with Gasteiger partial charge in [0.05, 0.1) is 10.7 Å². The standard InChI is InChI=1S/C18H17N3O2S2/c1-11-9-25-18(23)21(11)8-17(22)20-6-5-14-7-13(3-4-16(14)20)15-10-24-12(2)19-15/h3-4,7,9-10H,5-6,8H2,1-2H3. The van der Waals surface area contributed by atoms with Gasteiger partial charge in [-0.05, 0) is 38.0 Å². The highest BCUT2D eigenvalue weighted by Crippen LogP contribution is 2.32. The van der Waals surface area contributed by atoms with Gasteiger partial charge in [0.25, 0.3) is 0 Å². The van der Waals surface area contributed by atoms with Crippen LogP contribution in [0.3, 0.4) is 0 Å². The fraction of sp³-hybridized carbons (Fsp3) is 0.278. The first kappa shape index (κ1) is 16.2. The number of hydrogen-bond acceptors (Lipinski definition) is 5. The molecule has 0 N–H and O–H groups in total. The Bertz CT molecular complexity index is 1020. The first-order valence-electron chi connectivity index (χ1n) is 8.03. The zero-order chi connectivity index (χ0) is 17.6. The predicted molar refractivity (Wildman–Crippen MR) is 102 cm³/mol. The average Bonchev–Trinajstić information content (AvgIpc) is 3.29. The molecule has 1 amide bonds. The van der Waals surface area contributed by atoms with Gasteiger partial charge in [0.15, 0.2) is 0 Å². The summed E-state index contributed by atoms with van der Waals surface area (Å²) in [7, 11) is 0. The van der Waals surface area contributed by atoms with Crippen molar-refractivity contribution in [3.63, 3.8) is 0 Å². The van der Waals surface area contributed by atoms with Gasteiger partial charge >= 0.3 is 4.87 Å². The van der Waals surface area contributed by atoms with E-state index in [2.05, 4.69) is 16.4 Å². The van der Waals surface area contributed by atoms with Crippen LogP contribution in [0, 0.1) is 13.8 Å². The van der Waals surface area contributed by atoms with Crippen LogP contribution in [0.5, 0.6) is 0 Å². The summed E-state index contributed by atoms with van der Waals surface area (Å²) in [6, 6.07) is 6.13. The topological polar surface area (TPSA) is 55.2 Å². The van der Waals surface area contributed by atoms with Gasteiger partial charge in [-0.15, -0.1) is 11.3 Å². The summed E-state index contributed by atoms with van der Waals surface area (Å²) in [5.41, 5.74) is 5.00. The Labute approximate surface area is 153 Å². The lowest BCUT2D eigenvalue weighted by Gasteiger charge is -2.18. The highest BCUT2D eigenvalue weighted by molar-refractivity contribution is 7.09. The molecule has 0 radical (unpaired) electrons. The Kier molecular flexibility index (Phi) is 4.05. The molecule has 1 aliphatic heterocycles. The lowest BCUT2D eigenvalue weighted by atomic mass is 10.1. The summed E-state index contributed by atoms with van der Waals surface area (Å²) < 4.78 is 1.54. The number of aryl methyl sites for hydroxylation is 2. The fourth-order valence-corrected chi connectivity index (χ4v) is 4.49. The van der Waals surface area contributed by atoms with Crippen LogP contribution >= 0.6 is 22.7 Å². The second kappa shape index (κ2) is 6.24. The third-order valence-corrected chi connectivity index (χ3v) is 6.12. The molecule has 0 saturated heterocycles. The van der Waals surface area contributed by atoms with E-state index in [-0.39, 0.29) is 17.3 Å². The molecule has 5 nitrogen and oxygen atoms in total. The summed E-state index contributed by atoms with van der Waals surface area (Å²) in [6.45, 7) is 4.60. The number of benzene rings is 1. The van der Waals surface area contributed by atoms with Gasteiger partial charge in [-0.2, -0.15) is 0 Å². The third-order valence-electron chi connectivity index (χ3n) is 4.46. The molecule has 25 heavy (non-hydrogen) atoms. The number of hydrogen-bond donors (Lipinski definition) is 0. The monoisotopic (exact) mass is 371 g/mol. The number of carbonyl (C=O) groups is 1. The lowest BCUT2D eigenvalue weighted by molar-refractivity contribution is -0.119. The van der Waals surface area contributed by atoms with Gasteiger partial charge in [0, 0.05) is 34.2 Å². The van der Waals surface area contributed by atoms with E-state index in [1.165, 1.54) is 4.57 Å². The minimum atomic E-state index is -0.0838. The summed E-state index contributed by atoms with van der Waals surface area (Å²) in [4.78, 5) is 30.8. The molecular weight excluding hydrogens is 354 g/mol. The number of aromatic nitrogens is 2. The second-order valence-corrected chi connectivity index (χ2v) is 8.00. The Morgan fingerprint density at radius 2 is 2.08 bits per heavy atom. The van der Waals surface area contributed by atoms with Crippen molar-refractivity contribution in [1.82, 2.24) is 9.55 Å². The molecule has 0 aliphatic carbocycles. The lowest BCUT2D eigenvalue weighted by Crippen LogP contribution is -2.34. The maximum absolute atomic E-state index is 12.7. The molecule has 4 rings (SSSR count). The van der Waals surface area contributed by atoms with Gasteiger partial charge in [-0.25, -0.2) is 4.98 Å². The van der Waals surface area contributed by atoms with Crippen molar-refractivity contribution in [3.8, 4) is 11.3 Å². The highest BCUT2D eigenvalue weighted by atomic mass is 32.1. The molecule has 1 aromatic carbocycles. The molecule has 128 valence electrons. The van der Waals surface area contributed by atoms with Crippen molar-refractivity contribution in [3.05, 3.63) is 54.9 Å². The molecule has 2 aromatic heterocycles. The Balaban J connectivity index is 1.59. The first-order valence-corrected chi connectivity index (χ1v) is 9.79. The van der Waals surface area contributed by atoms with Crippen LogP contribution in [-0.2, 0) is 17.8 Å². The smallest absolute Gasteiger partial charge is 0.307 e. The SMILES string of the molecule is Cc1nc(-c2ccc3c(c2)CCN3C(=O)Cn2c(C)csc2=O)cs1. The van der Waals surface area contributed by atoms with Gasteiger partial charge in [-0.1, -0.05) is 17.4 Å². The van der Waals surface area contributed by atoms with Crippen molar-refractivity contribution >= 4 is 34.3 Å². The molecule has 3 heterocycles. The molecule has 0 fully saturated rings. The largest absolute Gasteiger partial charge is 0.310 e. The molecular formula is C18H17N3O2S2. The number of thiazole rings is 2. The van der Waals surface area contributed by atoms with Crippen LogP contribution in [0.15, 0.2) is 33.8 Å². The summed E-state index contributed by atoms with van der Waals surface area (Å²) in [5, 5.41) is 4.89. The third kappa shape index (κ3) is 2.94. The average molecular weight is 371 g/mol. The summed E-state index contributed by atoms with van der Waals surface area (Å²) in [5.74, 6) is -0.0420. The van der Waals surface area contributed by atoms with Crippen molar-refractivity contribution < 1.29 is 4.79 Å². The van der Waals surface area contributed by atoms with Gasteiger partial charge in [-0.3, -0.25) is 14.2 Å². The maximum atomic E-state index is 12.7. The molecule has 1 aliphatic rings. The van der Waals surface area contributed by atoms with Crippen LogP contribution < -0.4 is 9.77 Å². The van der Waals surface area contributed by atoms with Gasteiger partial charge in [0.2, 0.25) is 5.91 Å². The van der Waals surface area contributed by atoms with E-state index in [0.717, 1.165) is 51.0 Å². The number of amides is 1. The van der Waals surface area contributed by atoms with E-state index in [9.17, 15) is 9.59 Å². The molecule has 0 unspecified atom stereocenters. The molecule has 0 bridgehead atoms. The number of fused-ring (bicyclic) bond motifs is 1. The Hall–Kier alpha value is -2.25. The summed E-state index contributed by atoms with van der Waals surface area (Å²) in [6.07, 6.45) is 0.829. The molecule has 0 atom stereocenters. The Morgan fingerprint density at radius 1 is 1.24 bits per heavy atom. The summed E-state index contributed by atoms with van der Waals surface area (Å²) >= 11 is 2.77. The van der Waals surface area contributed by atoms with E-state index in [0.29, 0.717) is 6.54 Å².